The van der Waals surface area contributed by atoms with Gasteiger partial charge in [-0.15, -0.1) is 0 Å². The van der Waals surface area contributed by atoms with Crippen molar-refractivity contribution in [2.45, 2.75) is 38.5 Å². The number of benzene rings is 3. The molecule has 0 saturated carbocycles. The molecule has 0 bridgehead atoms. The Morgan fingerprint density at radius 1 is 0.744 bits per heavy atom. The maximum Gasteiger partial charge on any atom is 0.416 e. The van der Waals surface area contributed by atoms with Gasteiger partial charge in [0.1, 0.15) is 5.75 Å². The van der Waals surface area contributed by atoms with Crippen molar-refractivity contribution in [1.82, 2.24) is 4.90 Å². The number of amides is 1. The molecule has 39 heavy (non-hydrogen) atoms. The molecule has 0 aromatic heterocycles. The van der Waals surface area contributed by atoms with Crippen molar-refractivity contribution in [1.29, 1.82) is 0 Å². The van der Waals surface area contributed by atoms with E-state index in [-0.39, 0.29) is 22.9 Å². The number of carbonyl (C=O) groups is 1. The lowest BCUT2D eigenvalue weighted by Gasteiger charge is -2.24. The first kappa shape index (κ1) is 29.7. The van der Waals surface area contributed by atoms with Gasteiger partial charge in [-0.3, -0.25) is 4.90 Å². The standard InChI is InChI=1S/C26H20F9NO3/c1-14-3-6-22(39-2)21(7-14)20-5-4-17(24(27,28)29)10-16(20)13-36(23(37)38)12-15-8-18(25(30,31)32)11-19(9-15)26(33,34)35/h3-11H,12-13H2,1-2H3,(H,37,38). The van der Waals surface area contributed by atoms with Gasteiger partial charge in [-0.25, -0.2) is 4.79 Å². The predicted molar refractivity (Wildman–Crippen MR) is 122 cm³/mol. The average Bonchev–Trinajstić information content (AvgIpc) is 2.81. The smallest absolute Gasteiger partial charge is 0.416 e. The molecule has 0 fully saturated rings. The minimum absolute atomic E-state index is 0.108. The number of nitrogens with zero attached hydrogens (tertiary/aromatic N) is 1. The van der Waals surface area contributed by atoms with E-state index in [1.165, 1.54) is 7.11 Å². The summed E-state index contributed by atoms with van der Waals surface area (Å²) in [6, 6.07) is 7.96. The fraction of sp³-hybridized carbons (Fsp3) is 0.269. The van der Waals surface area contributed by atoms with Crippen molar-refractivity contribution >= 4 is 6.09 Å². The number of hydrogen-bond donors (Lipinski definition) is 1. The lowest BCUT2D eigenvalue weighted by molar-refractivity contribution is -0.143. The van der Waals surface area contributed by atoms with Crippen molar-refractivity contribution in [3.63, 3.8) is 0 Å². The molecule has 0 radical (unpaired) electrons. The number of hydrogen-bond acceptors (Lipinski definition) is 2. The van der Waals surface area contributed by atoms with E-state index < -0.39 is 60.0 Å². The first-order chi connectivity index (χ1) is 17.9. The largest absolute Gasteiger partial charge is 0.496 e. The first-order valence-electron chi connectivity index (χ1n) is 11.0. The van der Waals surface area contributed by atoms with E-state index >= 15 is 0 Å². The maximum atomic E-state index is 13.5. The van der Waals surface area contributed by atoms with Crippen LogP contribution in [0.4, 0.5) is 44.3 Å². The number of alkyl halides is 9. The molecule has 0 saturated heterocycles. The maximum absolute atomic E-state index is 13.5. The van der Waals surface area contributed by atoms with E-state index in [1.807, 2.05) is 0 Å². The molecule has 0 aliphatic heterocycles. The third-order valence-electron chi connectivity index (χ3n) is 5.73. The summed E-state index contributed by atoms with van der Waals surface area (Å²) in [4.78, 5) is 12.4. The van der Waals surface area contributed by atoms with Crippen molar-refractivity contribution in [2.24, 2.45) is 0 Å². The normalized spacial score (nSPS) is 12.4. The summed E-state index contributed by atoms with van der Waals surface area (Å²) in [6.45, 7) is -0.0611. The SMILES string of the molecule is COc1ccc(C)cc1-c1ccc(C(F)(F)F)cc1CN(Cc1cc(C(F)(F)F)cc(C(F)(F)F)c1)C(=O)O. The Morgan fingerprint density at radius 2 is 1.31 bits per heavy atom. The van der Waals surface area contributed by atoms with Crippen LogP contribution < -0.4 is 4.74 Å². The van der Waals surface area contributed by atoms with Gasteiger partial charge in [0.2, 0.25) is 0 Å². The van der Waals surface area contributed by atoms with E-state index in [1.54, 1.807) is 25.1 Å². The highest BCUT2D eigenvalue weighted by atomic mass is 19.4. The minimum Gasteiger partial charge on any atom is -0.496 e. The molecule has 0 aliphatic rings. The van der Waals surface area contributed by atoms with Gasteiger partial charge in [0.15, 0.2) is 0 Å². The summed E-state index contributed by atoms with van der Waals surface area (Å²) in [5.74, 6) is 0.246. The van der Waals surface area contributed by atoms with Gasteiger partial charge in [-0.2, -0.15) is 39.5 Å². The molecule has 0 spiro atoms. The number of aryl methyl sites for hydroxylation is 1. The highest BCUT2D eigenvalue weighted by Gasteiger charge is 2.37. The molecule has 3 aromatic rings. The quantitative estimate of drug-likeness (QED) is 0.306. The Bertz CT molecular complexity index is 1330. The van der Waals surface area contributed by atoms with E-state index in [0.29, 0.717) is 34.2 Å². The Labute approximate surface area is 216 Å². The fourth-order valence-electron chi connectivity index (χ4n) is 3.92. The van der Waals surface area contributed by atoms with Gasteiger partial charge in [0.05, 0.1) is 23.8 Å². The van der Waals surface area contributed by atoms with Crippen LogP contribution in [0.3, 0.4) is 0 Å². The van der Waals surface area contributed by atoms with E-state index in [0.717, 1.165) is 12.1 Å². The number of halogens is 9. The topological polar surface area (TPSA) is 49.8 Å². The van der Waals surface area contributed by atoms with E-state index in [4.69, 9.17) is 4.74 Å². The monoisotopic (exact) mass is 565 g/mol. The molecular formula is C26H20F9NO3. The zero-order valence-corrected chi connectivity index (χ0v) is 20.2. The summed E-state index contributed by atoms with van der Waals surface area (Å²) < 4.78 is 125. The molecule has 3 aromatic carbocycles. The Morgan fingerprint density at radius 3 is 1.79 bits per heavy atom. The highest BCUT2D eigenvalue weighted by Crippen LogP contribution is 2.39. The predicted octanol–water partition coefficient (Wildman–Crippen LogP) is 8.41. The molecule has 1 amide bonds. The number of carboxylic acid groups (broad SMARTS) is 1. The molecule has 3 rings (SSSR count). The summed E-state index contributed by atoms with van der Waals surface area (Å²) in [5.41, 5.74) is -4.14. The van der Waals surface area contributed by atoms with Crippen molar-refractivity contribution in [3.05, 3.63) is 88.0 Å². The summed E-state index contributed by atoms with van der Waals surface area (Å²) in [7, 11) is 1.31. The van der Waals surface area contributed by atoms with Crippen LogP contribution in [0.2, 0.25) is 0 Å². The summed E-state index contributed by atoms with van der Waals surface area (Å²) in [6.07, 6.45) is -16.9. The van der Waals surface area contributed by atoms with Gasteiger partial charge in [0, 0.05) is 18.7 Å². The number of ether oxygens (including phenoxy) is 1. The Hall–Kier alpha value is -3.90. The summed E-state index contributed by atoms with van der Waals surface area (Å²) in [5, 5.41) is 9.72. The van der Waals surface area contributed by atoms with Crippen molar-refractivity contribution < 1.29 is 54.2 Å². The minimum atomic E-state index is -5.17. The van der Waals surface area contributed by atoms with Crippen LogP contribution in [0.1, 0.15) is 33.4 Å². The highest BCUT2D eigenvalue weighted by molar-refractivity contribution is 5.75. The van der Waals surface area contributed by atoms with Crippen molar-refractivity contribution in [3.8, 4) is 16.9 Å². The zero-order chi connectivity index (χ0) is 29.3. The van der Waals surface area contributed by atoms with Crippen LogP contribution in [0, 0.1) is 6.92 Å². The first-order valence-corrected chi connectivity index (χ1v) is 11.0. The molecule has 4 nitrogen and oxygen atoms in total. The van der Waals surface area contributed by atoms with Crippen LogP contribution >= 0.6 is 0 Å². The number of rotatable bonds is 6. The van der Waals surface area contributed by atoms with Crippen LogP contribution in [0.15, 0.2) is 54.6 Å². The molecule has 0 aliphatic carbocycles. The van der Waals surface area contributed by atoms with Crippen LogP contribution in [-0.4, -0.2) is 23.2 Å². The molecule has 0 heterocycles. The summed E-state index contributed by atoms with van der Waals surface area (Å²) >= 11 is 0. The van der Waals surface area contributed by atoms with Gasteiger partial charge >= 0.3 is 24.6 Å². The van der Waals surface area contributed by atoms with Crippen LogP contribution in [-0.2, 0) is 31.6 Å². The lowest BCUT2D eigenvalue weighted by atomic mass is 9.95. The zero-order valence-electron chi connectivity index (χ0n) is 20.2. The fourth-order valence-corrected chi connectivity index (χ4v) is 3.92. The molecule has 210 valence electrons. The second-order valence-electron chi connectivity index (χ2n) is 8.63. The molecular weight excluding hydrogens is 545 g/mol. The van der Waals surface area contributed by atoms with Gasteiger partial charge in [-0.05, 0) is 66.1 Å². The lowest BCUT2D eigenvalue weighted by Crippen LogP contribution is -2.29. The third-order valence-corrected chi connectivity index (χ3v) is 5.73. The van der Waals surface area contributed by atoms with Gasteiger partial charge in [-0.1, -0.05) is 17.7 Å². The van der Waals surface area contributed by atoms with Gasteiger partial charge in [0.25, 0.3) is 0 Å². The van der Waals surface area contributed by atoms with E-state index in [9.17, 15) is 49.4 Å². The van der Waals surface area contributed by atoms with Crippen LogP contribution in [0.5, 0.6) is 5.75 Å². The Balaban J connectivity index is 2.14. The Kier molecular flexibility index (Phi) is 8.13. The van der Waals surface area contributed by atoms with Crippen molar-refractivity contribution in [2.75, 3.05) is 7.11 Å². The third kappa shape index (κ3) is 7.15. The van der Waals surface area contributed by atoms with Gasteiger partial charge < -0.3 is 9.84 Å². The van der Waals surface area contributed by atoms with E-state index in [2.05, 4.69) is 0 Å². The molecule has 13 heteroatoms. The molecule has 0 unspecified atom stereocenters. The second kappa shape index (κ2) is 10.7. The second-order valence-corrected chi connectivity index (χ2v) is 8.63. The number of methoxy groups -OCH3 is 1. The molecule has 0 atom stereocenters. The van der Waals surface area contributed by atoms with Crippen LogP contribution in [0.25, 0.3) is 11.1 Å². The average molecular weight is 565 g/mol. The molecule has 1 N–H and O–H groups in total.